The van der Waals surface area contributed by atoms with Gasteiger partial charge in [0.2, 0.25) is 0 Å². The summed E-state index contributed by atoms with van der Waals surface area (Å²) in [6.45, 7) is 3.14. The van der Waals surface area contributed by atoms with Crippen LogP contribution in [0.5, 0.6) is 0 Å². The Labute approximate surface area is 286 Å². The minimum Gasteiger partial charge on any atom is -0.505 e. The summed E-state index contributed by atoms with van der Waals surface area (Å²) in [5.41, 5.74) is -2.17. The molecule has 50 heavy (non-hydrogen) atoms. The van der Waals surface area contributed by atoms with Crippen molar-refractivity contribution in [2.24, 2.45) is 5.41 Å². The number of alkyl halides is 6. The number of halogens is 7. The molecule has 2 amide bonds. The van der Waals surface area contributed by atoms with E-state index in [4.69, 9.17) is 9.47 Å². The van der Waals surface area contributed by atoms with Crippen molar-refractivity contribution in [1.29, 1.82) is 0 Å². The average molecular weight is 709 g/mol. The average Bonchev–Trinajstić information content (AvgIpc) is 3.06. The lowest BCUT2D eigenvalue weighted by Crippen LogP contribution is -2.50. The summed E-state index contributed by atoms with van der Waals surface area (Å²) < 4.78 is 107. The number of benzene rings is 3. The smallest absolute Gasteiger partial charge is 0.416 e. The second-order valence-electron chi connectivity index (χ2n) is 12.7. The highest BCUT2D eigenvalue weighted by molar-refractivity contribution is 5.76. The van der Waals surface area contributed by atoms with Gasteiger partial charge in [-0.2, -0.15) is 26.3 Å². The van der Waals surface area contributed by atoms with Gasteiger partial charge in [0.15, 0.2) is 0 Å². The summed E-state index contributed by atoms with van der Waals surface area (Å²) in [6.07, 6.45) is -6.03. The number of rotatable bonds is 10. The third-order valence-corrected chi connectivity index (χ3v) is 9.24. The number of nitrogens with zero attached hydrogens (tertiary/aromatic N) is 2. The van der Waals surface area contributed by atoms with Crippen molar-refractivity contribution in [3.8, 4) is 0 Å². The van der Waals surface area contributed by atoms with Crippen molar-refractivity contribution in [2.45, 2.75) is 70.6 Å². The molecule has 1 heterocycles. The van der Waals surface area contributed by atoms with Crippen molar-refractivity contribution < 1.29 is 49.8 Å². The third kappa shape index (κ3) is 9.36. The van der Waals surface area contributed by atoms with Crippen molar-refractivity contribution >= 4 is 12.0 Å². The minimum atomic E-state index is -5.06. The Morgan fingerprint density at radius 1 is 1.00 bits per heavy atom. The lowest BCUT2D eigenvalue weighted by atomic mass is 9.69. The maximum Gasteiger partial charge on any atom is 0.416 e. The van der Waals surface area contributed by atoms with Gasteiger partial charge in [-0.15, -0.1) is 0 Å². The van der Waals surface area contributed by atoms with Gasteiger partial charge in [-0.25, -0.2) is 9.18 Å². The Kier molecular flexibility index (Phi) is 11.9. The van der Waals surface area contributed by atoms with Crippen LogP contribution < -0.4 is 0 Å². The number of hydrogen-bond acceptors (Lipinski definition) is 4. The van der Waals surface area contributed by atoms with E-state index >= 15 is 0 Å². The topological polar surface area (TPSA) is 59.1 Å². The summed E-state index contributed by atoms with van der Waals surface area (Å²) in [5.74, 6) is -0.973. The molecule has 1 aliphatic rings. The predicted octanol–water partition coefficient (Wildman–Crippen LogP) is 9.79. The van der Waals surface area contributed by atoms with Crippen LogP contribution in [-0.4, -0.2) is 42.5 Å². The first kappa shape index (κ1) is 38.3. The van der Waals surface area contributed by atoms with Crippen molar-refractivity contribution in [3.05, 3.63) is 118 Å². The number of likely N-dealkylation sites (tertiary alicyclic amines) is 1. The molecule has 0 aliphatic carbocycles. The number of methoxy groups -OCH3 is 1. The fourth-order valence-corrected chi connectivity index (χ4v) is 6.38. The van der Waals surface area contributed by atoms with E-state index < -0.39 is 58.8 Å². The molecule has 13 heteroatoms. The lowest BCUT2D eigenvalue weighted by molar-refractivity contribution is -0.149. The monoisotopic (exact) mass is 708 g/mol. The molecule has 6 nitrogen and oxygen atoms in total. The van der Waals surface area contributed by atoms with E-state index in [-0.39, 0.29) is 37.6 Å². The number of esters is 1. The van der Waals surface area contributed by atoms with Crippen molar-refractivity contribution in [1.82, 2.24) is 9.80 Å². The van der Waals surface area contributed by atoms with Gasteiger partial charge in [-0.3, -0.25) is 4.79 Å². The minimum absolute atomic E-state index is 0.0244. The van der Waals surface area contributed by atoms with Gasteiger partial charge >= 0.3 is 24.4 Å². The zero-order valence-corrected chi connectivity index (χ0v) is 28.1. The molecule has 0 N–H and O–H groups in total. The highest BCUT2D eigenvalue weighted by atomic mass is 19.4. The molecule has 4 rings (SSSR count). The maximum atomic E-state index is 14.2. The normalized spacial score (nSPS) is 18.9. The van der Waals surface area contributed by atoms with Gasteiger partial charge in [0, 0.05) is 13.6 Å². The quantitative estimate of drug-likeness (QED) is 0.120. The largest absolute Gasteiger partial charge is 0.505 e. The molecular weight excluding hydrogens is 669 g/mol. The summed E-state index contributed by atoms with van der Waals surface area (Å²) in [4.78, 5) is 30.0. The molecule has 3 aromatic carbocycles. The van der Waals surface area contributed by atoms with E-state index in [0.29, 0.717) is 36.1 Å². The maximum absolute atomic E-state index is 14.2. The van der Waals surface area contributed by atoms with Crippen LogP contribution in [0.1, 0.15) is 78.1 Å². The Morgan fingerprint density at radius 2 is 1.64 bits per heavy atom. The first-order chi connectivity index (χ1) is 23.4. The van der Waals surface area contributed by atoms with Crippen LogP contribution in [0.3, 0.4) is 0 Å². The zero-order valence-electron chi connectivity index (χ0n) is 28.1. The Morgan fingerprint density at radius 3 is 2.22 bits per heavy atom. The summed E-state index contributed by atoms with van der Waals surface area (Å²) in [7, 11) is 2.78. The van der Waals surface area contributed by atoms with E-state index in [1.165, 1.54) is 50.4 Å². The standard InChI is InChI=1S/C37H39F7N2O4/c1-24-17-30(38)11-12-31(24)32-21-35(13-8-16-49-4,22-33(47)50-23-26-9-6-5-7-10-26)14-15-46(32)34(48)45(3)25(2)27-18-28(36(39,40)41)20-29(19-27)37(42,43)44/h5-12,16-20,25,32H,13-15,21-23H2,1-4H3/b16-8+/t25-,32-,35+/m1/s1. The van der Waals surface area contributed by atoms with Crippen LogP contribution in [0.2, 0.25) is 0 Å². The number of amides is 2. The van der Waals surface area contributed by atoms with E-state index in [0.717, 1.165) is 10.5 Å². The van der Waals surface area contributed by atoms with Crippen LogP contribution in [0, 0.1) is 18.2 Å². The molecule has 0 bridgehead atoms. The highest BCUT2D eigenvalue weighted by Gasteiger charge is 2.45. The lowest BCUT2D eigenvalue weighted by Gasteiger charge is -2.48. The first-order valence-electron chi connectivity index (χ1n) is 15.9. The molecule has 0 unspecified atom stereocenters. The summed E-state index contributed by atoms with van der Waals surface area (Å²) >= 11 is 0. The van der Waals surface area contributed by atoms with Gasteiger partial charge in [0.25, 0.3) is 0 Å². The van der Waals surface area contributed by atoms with E-state index in [1.54, 1.807) is 13.0 Å². The highest BCUT2D eigenvalue weighted by Crippen LogP contribution is 2.48. The summed E-state index contributed by atoms with van der Waals surface area (Å²) in [5, 5.41) is 0. The van der Waals surface area contributed by atoms with Crippen LogP contribution in [0.15, 0.2) is 79.1 Å². The second-order valence-corrected chi connectivity index (χ2v) is 12.7. The Hall–Kier alpha value is -4.55. The van der Waals surface area contributed by atoms with Crippen LogP contribution in [0.4, 0.5) is 35.5 Å². The molecule has 1 saturated heterocycles. The first-order valence-corrected chi connectivity index (χ1v) is 15.9. The Balaban J connectivity index is 1.68. The van der Waals surface area contributed by atoms with Gasteiger partial charge in [0.1, 0.15) is 12.4 Å². The molecule has 0 spiro atoms. The zero-order chi connectivity index (χ0) is 36.9. The van der Waals surface area contributed by atoms with Crippen LogP contribution in [-0.2, 0) is 33.2 Å². The molecule has 0 radical (unpaired) electrons. The van der Waals surface area contributed by atoms with Crippen LogP contribution >= 0.6 is 0 Å². The molecule has 0 aromatic heterocycles. The fourth-order valence-electron chi connectivity index (χ4n) is 6.38. The molecular formula is C37H39F7N2O4. The Bertz CT molecular complexity index is 1640. The SMILES string of the molecule is CO/C=C/C[C@]1(CC(=O)OCc2ccccc2)CCN(C(=O)N(C)[C@H](C)c2cc(C(F)(F)F)cc(C(F)(F)F)c2)[C@@H](c2ccc(F)cc2C)C1. The molecule has 1 fully saturated rings. The molecule has 270 valence electrons. The number of piperidine rings is 1. The van der Waals surface area contributed by atoms with Gasteiger partial charge in [0.05, 0.1) is 43.0 Å². The van der Waals surface area contributed by atoms with E-state index in [2.05, 4.69) is 0 Å². The number of ether oxygens (including phenoxy) is 2. The van der Waals surface area contributed by atoms with Crippen LogP contribution in [0.25, 0.3) is 0 Å². The second kappa shape index (κ2) is 15.6. The van der Waals surface area contributed by atoms with Gasteiger partial charge < -0.3 is 19.3 Å². The van der Waals surface area contributed by atoms with Crippen molar-refractivity contribution in [2.75, 3.05) is 20.7 Å². The molecule has 0 saturated carbocycles. The molecule has 3 atom stereocenters. The number of aryl methyl sites for hydroxylation is 1. The predicted molar refractivity (Wildman–Crippen MR) is 172 cm³/mol. The summed E-state index contributed by atoms with van der Waals surface area (Å²) in [6, 6.07) is 11.9. The third-order valence-electron chi connectivity index (χ3n) is 9.24. The number of carbonyl (C=O) groups is 2. The number of urea groups is 1. The number of hydrogen-bond donors (Lipinski definition) is 0. The number of allylic oxidation sites excluding steroid dienone is 1. The van der Waals surface area contributed by atoms with E-state index in [1.807, 2.05) is 30.3 Å². The molecule has 3 aromatic rings. The number of carbonyl (C=O) groups excluding carboxylic acids is 2. The van der Waals surface area contributed by atoms with E-state index in [9.17, 15) is 40.3 Å². The fraction of sp³-hybridized carbons (Fsp3) is 0.405. The molecule has 1 aliphatic heterocycles. The van der Waals surface area contributed by atoms with Gasteiger partial charge in [-0.05, 0) is 97.2 Å². The van der Waals surface area contributed by atoms with Gasteiger partial charge in [-0.1, -0.05) is 36.4 Å². The van der Waals surface area contributed by atoms with Crippen molar-refractivity contribution in [3.63, 3.8) is 0 Å².